The van der Waals surface area contributed by atoms with Crippen LogP contribution in [0.1, 0.15) is 50.0 Å². The number of halogens is 1. The van der Waals surface area contributed by atoms with Crippen LogP contribution in [0.4, 0.5) is 4.39 Å². The molecule has 1 aromatic rings. The Morgan fingerprint density at radius 1 is 1.33 bits per heavy atom. The minimum Gasteiger partial charge on any atom is -0.490 e. The van der Waals surface area contributed by atoms with Gasteiger partial charge in [-0.1, -0.05) is 12.5 Å². The Balaban J connectivity index is 1.67. The number of hydrogen-bond acceptors (Lipinski definition) is 2. The first-order valence-electron chi connectivity index (χ1n) is 7.77. The molecule has 3 nitrogen and oxygen atoms in total. The molecule has 2 aliphatic rings. The van der Waals surface area contributed by atoms with E-state index in [1.807, 2.05) is 6.07 Å². The quantitative estimate of drug-likeness (QED) is 0.827. The number of carboxylic acids is 1. The van der Waals surface area contributed by atoms with Gasteiger partial charge < -0.3 is 9.84 Å². The molecule has 4 heteroatoms. The molecule has 2 aliphatic carbocycles. The summed E-state index contributed by atoms with van der Waals surface area (Å²) in [6.45, 7) is 0.581. The van der Waals surface area contributed by atoms with Gasteiger partial charge in [0.1, 0.15) is 0 Å². The molecule has 0 radical (unpaired) electrons. The lowest BCUT2D eigenvalue weighted by Crippen LogP contribution is -2.19. The summed E-state index contributed by atoms with van der Waals surface area (Å²) in [4.78, 5) is 11.0. The summed E-state index contributed by atoms with van der Waals surface area (Å²) in [5.74, 6) is -0.0220. The van der Waals surface area contributed by atoms with Gasteiger partial charge in [0, 0.05) is 0 Å². The van der Waals surface area contributed by atoms with E-state index in [0.717, 1.165) is 18.4 Å². The molecule has 3 rings (SSSR count). The summed E-state index contributed by atoms with van der Waals surface area (Å²) in [6.07, 6.45) is 5.74. The lowest BCUT2D eigenvalue weighted by molar-refractivity contribution is -0.137. The van der Waals surface area contributed by atoms with Crippen LogP contribution in [0.25, 0.3) is 0 Å². The molecule has 1 N–H and O–H groups in total. The molecule has 0 aromatic heterocycles. The standard InChI is InChI=1S/C17H21FO3/c18-15-8-13(14(9-17(19)20)12-4-5-12)6-7-16(15)21-10-11-2-1-3-11/h6-8,11-12,14H,1-5,9-10H2,(H,19,20). The monoisotopic (exact) mass is 292 g/mol. The van der Waals surface area contributed by atoms with Crippen LogP contribution in [0.15, 0.2) is 18.2 Å². The molecule has 0 bridgehead atoms. The Morgan fingerprint density at radius 2 is 2.10 bits per heavy atom. The van der Waals surface area contributed by atoms with E-state index in [0.29, 0.717) is 18.4 Å². The highest BCUT2D eigenvalue weighted by atomic mass is 19.1. The normalized spacial score (nSPS) is 19.9. The molecule has 21 heavy (non-hydrogen) atoms. The highest BCUT2D eigenvalue weighted by Crippen LogP contribution is 2.45. The van der Waals surface area contributed by atoms with Crippen LogP contribution in [-0.2, 0) is 4.79 Å². The van der Waals surface area contributed by atoms with E-state index in [1.54, 1.807) is 6.07 Å². The Morgan fingerprint density at radius 3 is 2.62 bits per heavy atom. The second kappa shape index (κ2) is 6.04. The van der Waals surface area contributed by atoms with Crippen LogP contribution < -0.4 is 4.74 Å². The topological polar surface area (TPSA) is 46.5 Å². The molecule has 1 unspecified atom stereocenters. The van der Waals surface area contributed by atoms with Crippen molar-refractivity contribution in [3.8, 4) is 5.75 Å². The minimum absolute atomic E-state index is 0.0716. The number of aliphatic carboxylic acids is 1. The van der Waals surface area contributed by atoms with Gasteiger partial charge in [-0.15, -0.1) is 0 Å². The second-order valence-electron chi connectivity index (χ2n) is 6.34. The van der Waals surface area contributed by atoms with Crippen LogP contribution in [0, 0.1) is 17.7 Å². The summed E-state index contributed by atoms with van der Waals surface area (Å²) >= 11 is 0. The average molecular weight is 292 g/mol. The van der Waals surface area contributed by atoms with Gasteiger partial charge in [-0.25, -0.2) is 4.39 Å². The smallest absolute Gasteiger partial charge is 0.303 e. The lowest BCUT2D eigenvalue weighted by atomic mass is 9.86. The summed E-state index contributed by atoms with van der Waals surface area (Å²) in [5, 5.41) is 9.01. The average Bonchev–Trinajstić information content (AvgIpc) is 3.20. The molecule has 2 fully saturated rings. The number of hydrogen-bond donors (Lipinski definition) is 1. The number of benzene rings is 1. The first kappa shape index (κ1) is 14.4. The van der Waals surface area contributed by atoms with E-state index in [-0.39, 0.29) is 23.9 Å². The zero-order chi connectivity index (χ0) is 14.8. The van der Waals surface area contributed by atoms with Crippen molar-refractivity contribution in [2.24, 2.45) is 11.8 Å². The maximum Gasteiger partial charge on any atom is 0.303 e. The number of ether oxygens (including phenoxy) is 1. The molecule has 0 saturated heterocycles. The molecule has 0 aliphatic heterocycles. The van der Waals surface area contributed by atoms with Crippen LogP contribution >= 0.6 is 0 Å². The van der Waals surface area contributed by atoms with Crippen molar-refractivity contribution in [1.29, 1.82) is 0 Å². The van der Waals surface area contributed by atoms with E-state index < -0.39 is 5.97 Å². The summed E-state index contributed by atoms with van der Waals surface area (Å²) in [5.41, 5.74) is 0.786. The third-order valence-electron chi connectivity index (χ3n) is 4.67. The van der Waals surface area contributed by atoms with Gasteiger partial charge >= 0.3 is 5.97 Å². The molecular formula is C17H21FO3. The maximum absolute atomic E-state index is 14.1. The Labute approximate surface area is 124 Å². The zero-order valence-corrected chi connectivity index (χ0v) is 12.1. The van der Waals surface area contributed by atoms with E-state index in [2.05, 4.69) is 0 Å². The van der Waals surface area contributed by atoms with Crippen LogP contribution in [0.5, 0.6) is 5.75 Å². The molecule has 1 aromatic carbocycles. The van der Waals surface area contributed by atoms with Crippen molar-refractivity contribution in [1.82, 2.24) is 0 Å². The molecule has 0 spiro atoms. The van der Waals surface area contributed by atoms with Gasteiger partial charge in [0.25, 0.3) is 0 Å². The third kappa shape index (κ3) is 3.55. The van der Waals surface area contributed by atoms with Crippen molar-refractivity contribution in [3.05, 3.63) is 29.6 Å². The maximum atomic E-state index is 14.1. The van der Waals surface area contributed by atoms with Crippen molar-refractivity contribution in [2.45, 2.75) is 44.4 Å². The van der Waals surface area contributed by atoms with E-state index >= 15 is 0 Å². The fourth-order valence-corrected chi connectivity index (χ4v) is 2.98. The summed E-state index contributed by atoms with van der Waals surface area (Å²) in [7, 11) is 0. The first-order valence-corrected chi connectivity index (χ1v) is 7.77. The number of carboxylic acid groups (broad SMARTS) is 1. The lowest BCUT2D eigenvalue weighted by Gasteiger charge is -2.25. The second-order valence-corrected chi connectivity index (χ2v) is 6.34. The molecular weight excluding hydrogens is 271 g/mol. The van der Waals surface area contributed by atoms with Gasteiger partial charge in [-0.3, -0.25) is 4.79 Å². The molecule has 0 heterocycles. The predicted molar refractivity (Wildman–Crippen MR) is 77.0 cm³/mol. The Bertz CT molecular complexity index is 521. The number of rotatable bonds is 7. The van der Waals surface area contributed by atoms with E-state index in [4.69, 9.17) is 9.84 Å². The fourth-order valence-electron chi connectivity index (χ4n) is 2.98. The summed E-state index contributed by atoms with van der Waals surface area (Å²) < 4.78 is 19.7. The van der Waals surface area contributed by atoms with Crippen molar-refractivity contribution < 1.29 is 19.0 Å². The Hall–Kier alpha value is -1.58. The van der Waals surface area contributed by atoms with Crippen LogP contribution in [-0.4, -0.2) is 17.7 Å². The van der Waals surface area contributed by atoms with Gasteiger partial charge in [0.05, 0.1) is 13.0 Å². The molecule has 2 saturated carbocycles. The molecule has 0 amide bonds. The summed E-state index contributed by atoms with van der Waals surface area (Å²) in [6, 6.07) is 4.94. The van der Waals surface area contributed by atoms with Gasteiger partial charge in [-0.2, -0.15) is 0 Å². The largest absolute Gasteiger partial charge is 0.490 e. The molecule has 1 atom stereocenters. The van der Waals surface area contributed by atoms with E-state index in [1.165, 1.54) is 25.3 Å². The van der Waals surface area contributed by atoms with Crippen molar-refractivity contribution >= 4 is 5.97 Å². The number of carbonyl (C=O) groups is 1. The van der Waals surface area contributed by atoms with E-state index in [9.17, 15) is 9.18 Å². The Kier molecular flexibility index (Phi) is 4.13. The van der Waals surface area contributed by atoms with Crippen LogP contribution in [0.3, 0.4) is 0 Å². The highest BCUT2D eigenvalue weighted by molar-refractivity contribution is 5.68. The minimum atomic E-state index is -0.822. The zero-order valence-electron chi connectivity index (χ0n) is 12.1. The molecule has 114 valence electrons. The SMILES string of the molecule is O=C(O)CC(c1ccc(OCC2CCC2)c(F)c1)C1CC1. The van der Waals surface area contributed by atoms with Gasteiger partial charge in [0.15, 0.2) is 11.6 Å². The highest BCUT2D eigenvalue weighted by Gasteiger charge is 2.34. The first-order chi connectivity index (χ1) is 10.1. The van der Waals surface area contributed by atoms with Crippen molar-refractivity contribution in [3.63, 3.8) is 0 Å². The van der Waals surface area contributed by atoms with Gasteiger partial charge in [0.2, 0.25) is 0 Å². The van der Waals surface area contributed by atoms with Crippen LogP contribution in [0.2, 0.25) is 0 Å². The third-order valence-corrected chi connectivity index (χ3v) is 4.67. The fraction of sp³-hybridized carbons (Fsp3) is 0.588. The predicted octanol–water partition coefficient (Wildman–Crippen LogP) is 3.97. The van der Waals surface area contributed by atoms with Crippen molar-refractivity contribution in [2.75, 3.05) is 6.61 Å². The van der Waals surface area contributed by atoms with Gasteiger partial charge in [-0.05, 0) is 61.1 Å².